The molecular weight excluding hydrogens is 168 g/mol. The van der Waals surface area contributed by atoms with Crippen molar-refractivity contribution in [2.45, 2.75) is 19.9 Å². The number of carbonyl (C=O) groups is 1. The highest BCUT2D eigenvalue weighted by Gasteiger charge is 2.21. The van der Waals surface area contributed by atoms with Crippen LogP contribution >= 0.6 is 0 Å². The molecule has 1 heterocycles. The number of nitrogens with zero attached hydrogens (tertiary/aromatic N) is 1. The van der Waals surface area contributed by atoms with Crippen LogP contribution in [-0.2, 0) is 9.53 Å². The molecule has 0 saturated carbocycles. The van der Waals surface area contributed by atoms with Crippen LogP contribution in [0, 0.1) is 0 Å². The van der Waals surface area contributed by atoms with Gasteiger partial charge in [0, 0.05) is 13.1 Å². The summed E-state index contributed by atoms with van der Waals surface area (Å²) in [6, 6.07) is -0.0666. The molecule has 0 aromatic heterocycles. The third kappa shape index (κ3) is 2.97. The minimum Gasteiger partial charge on any atom is -0.378 e. The molecule has 0 aliphatic carbocycles. The first kappa shape index (κ1) is 10.5. The lowest BCUT2D eigenvalue weighted by Crippen LogP contribution is -2.49. The van der Waals surface area contributed by atoms with E-state index < -0.39 is 0 Å². The standard InChI is InChI=1S/C9H18N2O2/c1-3-10-8(2)9(12)11-4-6-13-7-5-11/h8,10H,3-7H2,1-2H3. The maximum absolute atomic E-state index is 11.7. The Morgan fingerprint density at radius 3 is 2.69 bits per heavy atom. The fraction of sp³-hybridized carbons (Fsp3) is 0.889. The summed E-state index contributed by atoms with van der Waals surface area (Å²) in [4.78, 5) is 13.6. The van der Waals surface area contributed by atoms with E-state index in [2.05, 4.69) is 5.32 Å². The minimum absolute atomic E-state index is 0.0666. The van der Waals surface area contributed by atoms with Gasteiger partial charge in [0.2, 0.25) is 5.91 Å². The van der Waals surface area contributed by atoms with Crippen molar-refractivity contribution in [1.29, 1.82) is 0 Å². The molecule has 0 radical (unpaired) electrons. The molecule has 1 atom stereocenters. The largest absolute Gasteiger partial charge is 0.378 e. The lowest BCUT2D eigenvalue weighted by Gasteiger charge is -2.29. The van der Waals surface area contributed by atoms with Gasteiger partial charge in [0.25, 0.3) is 0 Å². The Kier molecular flexibility index (Phi) is 4.18. The fourth-order valence-electron chi connectivity index (χ4n) is 1.45. The van der Waals surface area contributed by atoms with Gasteiger partial charge in [-0.1, -0.05) is 6.92 Å². The van der Waals surface area contributed by atoms with E-state index in [-0.39, 0.29) is 11.9 Å². The molecule has 1 rings (SSSR count). The number of nitrogens with one attached hydrogen (secondary N) is 1. The average molecular weight is 186 g/mol. The summed E-state index contributed by atoms with van der Waals surface area (Å²) in [5.41, 5.74) is 0. The normalized spacial score (nSPS) is 20.0. The van der Waals surface area contributed by atoms with Gasteiger partial charge in [0.1, 0.15) is 0 Å². The third-order valence-electron chi connectivity index (χ3n) is 2.20. The van der Waals surface area contributed by atoms with E-state index in [0.717, 1.165) is 19.6 Å². The number of amides is 1. The summed E-state index contributed by atoms with van der Waals surface area (Å²) >= 11 is 0. The first-order valence-electron chi connectivity index (χ1n) is 4.85. The van der Waals surface area contributed by atoms with Gasteiger partial charge in [-0.25, -0.2) is 0 Å². The second kappa shape index (κ2) is 5.19. The van der Waals surface area contributed by atoms with Gasteiger partial charge in [0.05, 0.1) is 19.3 Å². The van der Waals surface area contributed by atoms with Crippen molar-refractivity contribution < 1.29 is 9.53 Å². The maximum atomic E-state index is 11.7. The summed E-state index contributed by atoms with van der Waals surface area (Å²) in [6.07, 6.45) is 0. The molecule has 76 valence electrons. The van der Waals surface area contributed by atoms with E-state index in [1.54, 1.807) is 0 Å². The van der Waals surface area contributed by atoms with Gasteiger partial charge >= 0.3 is 0 Å². The zero-order valence-electron chi connectivity index (χ0n) is 8.38. The van der Waals surface area contributed by atoms with Gasteiger partial charge in [-0.3, -0.25) is 4.79 Å². The van der Waals surface area contributed by atoms with Gasteiger partial charge in [-0.2, -0.15) is 0 Å². The van der Waals surface area contributed by atoms with Crippen molar-refractivity contribution in [2.75, 3.05) is 32.8 Å². The summed E-state index contributed by atoms with van der Waals surface area (Å²) in [5, 5.41) is 3.11. The van der Waals surface area contributed by atoms with Crippen LogP contribution in [0.4, 0.5) is 0 Å². The molecule has 4 heteroatoms. The molecule has 1 saturated heterocycles. The zero-order chi connectivity index (χ0) is 9.68. The molecule has 4 nitrogen and oxygen atoms in total. The highest BCUT2D eigenvalue weighted by atomic mass is 16.5. The second-order valence-electron chi connectivity index (χ2n) is 3.22. The third-order valence-corrected chi connectivity index (χ3v) is 2.20. The lowest BCUT2D eigenvalue weighted by atomic mass is 10.2. The lowest BCUT2D eigenvalue weighted by molar-refractivity contribution is -0.137. The Labute approximate surface area is 79.2 Å². The van der Waals surface area contributed by atoms with Crippen LogP contribution in [0.1, 0.15) is 13.8 Å². The molecule has 0 spiro atoms. The quantitative estimate of drug-likeness (QED) is 0.666. The Balaban J connectivity index is 2.36. The van der Waals surface area contributed by atoms with Crippen LogP contribution < -0.4 is 5.32 Å². The first-order valence-corrected chi connectivity index (χ1v) is 4.85. The molecular formula is C9H18N2O2. The monoisotopic (exact) mass is 186 g/mol. The molecule has 13 heavy (non-hydrogen) atoms. The molecule has 0 aromatic carbocycles. The SMILES string of the molecule is CCNC(C)C(=O)N1CCOCC1. The minimum atomic E-state index is -0.0666. The number of hydrogen-bond acceptors (Lipinski definition) is 3. The predicted octanol–water partition coefficient (Wildman–Crippen LogP) is -0.157. The number of rotatable bonds is 3. The average Bonchev–Trinajstić information content (AvgIpc) is 2.18. The molecule has 1 unspecified atom stereocenters. The number of morpholine rings is 1. The maximum Gasteiger partial charge on any atom is 0.239 e. The zero-order valence-corrected chi connectivity index (χ0v) is 8.38. The molecule has 0 aromatic rings. The summed E-state index contributed by atoms with van der Waals surface area (Å²) in [6.45, 7) is 7.54. The highest BCUT2D eigenvalue weighted by molar-refractivity contribution is 5.81. The summed E-state index contributed by atoms with van der Waals surface area (Å²) < 4.78 is 5.18. The second-order valence-corrected chi connectivity index (χ2v) is 3.22. The van der Waals surface area contributed by atoms with Crippen LogP contribution in [0.5, 0.6) is 0 Å². The Morgan fingerprint density at radius 1 is 1.54 bits per heavy atom. The highest BCUT2D eigenvalue weighted by Crippen LogP contribution is 2.00. The van der Waals surface area contributed by atoms with Crippen LogP contribution in [0.25, 0.3) is 0 Å². The summed E-state index contributed by atoms with van der Waals surface area (Å²) in [7, 11) is 0. The number of likely N-dealkylation sites (N-methyl/N-ethyl adjacent to an activating group) is 1. The fourth-order valence-corrected chi connectivity index (χ4v) is 1.45. The number of hydrogen-bond donors (Lipinski definition) is 1. The molecule has 1 N–H and O–H groups in total. The first-order chi connectivity index (χ1) is 6.25. The van der Waals surface area contributed by atoms with E-state index in [1.807, 2.05) is 18.7 Å². The van der Waals surface area contributed by atoms with Crippen LogP contribution in [0.15, 0.2) is 0 Å². The van der Waals surface area contributed by atoms with Crippen LogP contribution in [0.2, 0.25) is 0 Å². The Bertz CT molecular complexity index is 167. The van der Waals surface area contributed by atoms with Gasteiger partial charge in [-0.05, 0) is 13.5 Å². The molecule has 1 aliphatic rings. The molecule has 1 aliphatic heterocycles. The molecule has 1 amide bonds. The Morgan fingerprint density at radius 2 is 2.15 bits per heavy atom. The van der Waals surface area contributed by atoms with Gasteiger partial charge in [-0.15, -0.1) is 0 Å². The van der Waals surface area contributed by atoms with E-state index in [0.29, 0.717) is 13.2 Å². The van der Waals surface area contributed by atoms with Gasteiger partial charge in [0.15, 0.2) is 0 Å². The number of ether oxygens (including phenoxy) is 1. The van der Waals surface area contributed by atoms with Crippen molar-refractivity contribution in [1.82, 2.24) is 10.2 Å². The molecule has 0 bridgehead atoms. The van der Waals surface area contributed by atoms with Crippen molar-refractivity contribution >= 4 is 5.91 Å². The van der Waals surface area contributed by atoms with Crippen LogP contribution in [-0.4, -0.2) is 49.7 Å². The Hall–Kier alpha value is -0.610. The van der Waals surface area contributed by atoms with Crippen molar-refractivity contribution in [2.24, 2.45) is 0 Å². The number of carbonyl (C=O) groups excluding carboxylic acids is 1. The van der Waals surface area contributed by atoms with E-state index in [1.165, 1.54) is 0 Å². The summed E-state index contributed by atoms with van der Waals surface area (Å²) in [5.74, 6) is 0.185. The van der Waals surface area contributed by atoms with Crippen LogP contribution in [0.3, 0.4) is 0 Å². The van der Waals surface area contributed by atoms with Gasteiger partial charge < -0.3 is 15.0 Å². The predicted molar refractivity (Wildman–Crippen MR) is 50.5 cm³/mol. The van der Waals surface area contributed by atoms with Crippen molar-refractivity contribution in [3.8, 4) is 0 Å². The van der Waals surface area contributed by atoms with Crippen molar-refractivity contribution in [3.63, 3.8) is 0 Å². The van der Waals surface area contributed by atoms with Crippen molar-refractivity contribution in [3.05, 3.63) is 0 Å². The van der Waals surface area contributed by atoms with E-state index >= 15 is 0 Å². The molecule has 1 fully saturated rings. The smallest absolute Gasteiger partial charge is 0.239 e. The van der Waals surface area contributed by atoms with E-state index in [9.17, 15) is 4.79 Å². The van der Waals surface area contributed by atoms with E-state index in [4.69, 9.17) is 4.74 Å². The topological polar surface area (TPSA) is 41.6 Å².